The Balaban J connectivity index is 2.99. The molecule has 0 spiro atoms. The van der Waals surface area contributed by atoms with Gasteiger partial charge in [0.2, 0.25) is 11.8 Å². The average Bonchev–Trinajstić information content (AvgIpc) is 2.32. The molecule has 1 aromatic rings. The van der Waals surface area contributed by atoms with E-state index in [4.69, 9.17) is 28.9 Å². The van der Waals surface area contributed by atoms with E-state index in [0.29, 0.717) is 15.6 Å². The number of hydrogen-bond acceptors (Lipinski definition) is 2. The average molecular weight is 303 g/mol. The fourth-order valence-corrected chi connectivity index (χ4v) is 1.76. The predicted octanol–water partition coefficient (Wildman–Crippen LogP) is 2.26. The van der Waals surface area contributed by atoms with Gasteiger partial charge in [0.15, 0.2) is 0 Å². The Bertz CT molecular complexity index is 515. The molecule has 0 heterocycles. The quantitative estimate of drug-likeness (QED) is 0.895. The van der Waals surface area contributed by atoms with Crippen LogP contribution in [-0.4, -0.2) is 17.9 Å². The monoisotopic (exact) mass is 302 g/mol. The van der Waals surface area contributed by atoms with Crippen LogP contribution in [0.25, 0.3) is 0 Å². The highest BCUT2D eigenvalue weighted by molar-refractivity contribution is 6.42. The summed E-state index contributed by atoms with van der Waals surface area (Å²) in [5.41, 5.74) is 4.97. The minimum absolute atomic E-state index is 0.308. The zero-order valence-corrected chi connectivity index (χ0v) is 12.5. The Morgan fingerprint density at radius 2 is 1.84 bits per heavy atom. The lowest BCUT2D eigenvalue weighted by molar-refractivity contribution is -0.130. The smallest absolute Gasteiger partial charge is 0.239 e. The normalized spacial score (nSPS) is 12.9. The molecule has 0 bridgehead atoms. The first-order valence-electron chi connectivity index (χ1n) is 5.72. The van der Waals surface area contributed by atoms with Gasteiger partial charge < -0.3 is 11.1 Å². The lowest BCUT2D eigenvalue weighted by Crippen LogP contribution is -2.48. The minimum Gasteiger partial charge on any atom is -0.368 e. The molecular formula is C13H16Cl2N2O2. The van der Waals surface area contributed by atoms with Crippen molar-refractivity contribution in [3.05, 3.63) is 33.8 Å². The van der Waals surface area contributed by atoms with Crippen LogP contribution in [-0.2, 0) is 15.0 Å². The van der Waals surface area contributed by atoms with Crippen molar-refractivity contribution in [2.75, 3.05) is 0 Å². The molecule has 0 saturated carbocycles. The van der Waals surface area contributed by atoms with Crippen LogP contribution in [0.4, 0.5) is 0 Å². The number of primary amides is 1. The van der Waals surface area contributed by atoms with Crippen molar-refractivity contribution in [3.8, 4) is 0 Å². The molecule has 1 rings (SSSR count). The van der Waals surface area contributed by atoms with E-state index in [0.717, 1.165) is 0 Å². The van der Waals surface area contributed by atoms with Gasteiger partial charge in [0.25, 0.3) is 0 Å². The molecule has 0 aliphatic carbocycles. The topological polar surface area (TPSA) is 72.2 Å². The molecule has 0 aliphatic heterocycles. The number of nitrogens with one attached hydrogen (secondary N) is 1. The van der Waals surface area contributed by atoms with Crippen molar-refractivity contribution < 1.29 is 9.59 Å². The summed E-state index contributed by atoms with van der Waals surface area (Å²) < 4.78 is 0. The van der Waals surface area contributed by atoms with Gasteiger partial charge in [-0.25, -0.2) is 0 Å². The highest BCUT2D eigenvalue weighted by Gasteiger charge is 2.31. The standard InChI is InChI=1S/C13H16Cl2N2O2/c1-7(11(16)18)17-12(19)13(2,3)8-4-5-9(14)10(15)6-8/h4-7H,1-3H3,(H2,16,18)(H,17,19)/t7-/m1/s1. The number of hydrogen-bond donors (Lipinski definition) is 2. The van der Waals surface area contributed by atoms with E-state index in [9.17, 15) is 9.59 Å². The van der Waals surface area contributed by atoms with Gasteiger partial charge in [0.05, 0.1) is 15.5 Å². The van der Waals surface area contributed by atoms with Crippen molar-refractivity contribution in [3.63, 3.8) is 0 Å². The summed E-state index contributed by atoms with van der Waals surface area (Å²) in [7, 11) is 0. The summed E-state index contributed by atoms with van der Waals surface area (Å²) >= 11 is 11.8. The first kappa shape index (κ1) is 15.8. The fraction of sp³-hybridized carbons (Fsp3) is 0.385. The van der Waals surface area contributed by atoms with Gasteiger partial charge in [-0.05, 0) is 38.5 Å². The van der Waals surface area contributed by atoms with E-state index in [1.807, 2.05) is 0 Å². The lowest BCUT2D eigenvalue weighted by Gasteiger charge is -2.26. The molecular weight excluding hydrogens is 287 g/mol. The van der Waals surface area contributed by atoms with E-state index in [1.54, 1.807) is 32.0 Å². The molecule has 1 aromatic carbocycles. The van der Waals surface area contributed by atoms with Crippen LogP contribution in [0.5, 0.6) is 0 Å². The molecule has 4 nitrogen and oxygen atoms in total. The van der Waals surface area contributed by atoms with Gasteiger partial charge in [0, 0.05) is 0 Å². The highest BCUT2D eigenvalue weighted by atomic mass is 35.5. The molecule has 0 radical (unpaired) electrons. The van der Waals surface area contributed by atoms with Gasteiger partial charge in [-0.3, -0.25) is 9.59 Å². The second-order valence-corrected chi connectivity index (χ2v) is 5.67. The summed E-state index contributed by atoms with van der Waals surface area (Å²) in [6, 6.07) is 4.27. The molecule has 19 heavy (non-hydrogen) atoms. The van der Waals surface area contributed by atoms with Gasteiger partial charge in [-0.1, -0.05) is 29.3 Å². The Morgan fingerprint density at radius 3 is 2.32 bits per heavy atom. The number of carbonyl (C=O) groups excluding carboxylic acids is 2. The van der Waals surface area contributed by atoms with Crippen LogP contribution >= 0.6 is 23.2 Å². The zero-order valence-electron chi connectivity index (χ0n) is 11.0. The maximum absolute atomic E-state index is 12.2. The Labute approximate surface area is 122 Å². The number of nitrogens with two attached hydrogens (primary N) is 1. The molecule has 2 amide bonds. The van der Waals surface area contributed by atoms with Gasteiger partial charge >= 0.3 is 0 Å². The largest absolute Gasteiger partial charge is 0.368 e. The summed E-state index contributed by atoms with van der Waals surface area (Å²) in [6.07, 6.45) is 0. The Hall–Kier alpha value is -1.26. The van der Waals surface area contributed by atoms with Crippen LogP contribution in [0.3, 0.4) is 0 Å². The third kappa shape index (κ3) is 3.61. The van der Waals surface area contributed by atoms with Crippen molar-refractivity contribution in [2.24, 2.45) is 5.73 Å². The number of rotatable bonds is 4. The molecule has 3 N–H and O–H groups in total. The molecule has 0 aliphatic rings. The van der Waals surface area contributed by atoms with Crippen molar-refractivity contribution >= 4 is 35.0 Å². The zero-order chi connectivity index (χ0) is 14.8. The number of amides is 2. The second kappa shape index (κ2) is 5.80. The molecule has 104 valence electrons. The summed E-state index contributed by atoms with van der Waals surface area (Å²) in [5, 5.41) is 3.36. The second-order valence-electron chi connectivity index (χ2n) is 4.85. The van der Waals surface area contributed by atoms with E-state index < -0.39 is 17.4 Å². The maximum atomic E-state index is 12.2. The van der Waals surface area contributed by atoms with E-state index >= 15 is 0 Å². The predicted molar refractivity (Wildman–Crippen MR) is 76.3 cm³/mol. The lowest BCUT2D eigenvalue weighted by atomic mass is 9.83. The highest BCUT2D eigenvalue weighted by Crippen LogP contribution is 2.30. The maximum Gasteiger partial charge on any atom is 0.239 e. The Morgan fingerprint density at radius 1 is 1.26 bits per heavy atom. The molecule has 0 aromatic heterocycles. The van der Waals surface area contributed by atoms with E-state index in [2.05, 4.69) is 5.32 Å². The van der Waals surface area contributed by atoms with Crippen LogP contribution in [0.15, 0.2) is 18.2 Å². The SMILES string of the molecule is C[C@@H](NC(=O)C(C)(C)c1ccc(Cl)c(Cl)c1)C(N)=O. The van der Waals surface area contributed by atoms with Crippen LogP contribution in [0.2, 0.25) is 10.0 Å². The first-order valence-corrected chi connectivity index (χ1v) is 6.47. The van der Waals surface area contributed by atoms with E-state index in [1.165, 1.54) is 6.92 Å². The molecule has 0 saturated heterocycles. The number of carbonyl (C=O) groups is 2. The van der Waals surface area contributed by atoms with Crippen molar-refractivity contribution in [2.45, 2.75) is 32.2 Å². The van der Waals surface area contributed by atoms with Crippen molar-refractivity contribution in [1.82, 2.24) is 5.32 Å². The number of halogens is 2. The van der Waals surface area contributed by atoms with Crippen LogP contribution in [0.1, 0.15) is 26.3 Å². The van der Waals surface area contributed by atoms with Gasteiger partial charge in [-0.15, -0.1) is 0 Å². The summed E-state index contributed by atoms with van der Waals surface area (Å²) in [5.74, 6) is -0.893. The van der Waals surface area contributed by atoms with Gasteiger partial charge in [-0.2, -0.15) is 0 Å². The minimum atomic E-state index is -0.849. The van der Waals surface area contributed by atoms with Gasteiger partial charge in [0.1, 0.15) is 6.04 Å². The van der Waals surface area contributed by atoms with Crippen LogP contribution in [0, 0.1) is 0 Å². The number of benzene rings is 1. The molecule has 1 atom stereocenters. The fourth-order valence-electron chi connectivity index (χ4n) is 1.46. The van der Waals surface area contributed by atoms with Crippen molar-refractivity contribution in [1.29, 1.82) is 0 Å². The molecule has 6 heteroatoms. The van der Waals surface area contributed by atoms with E-state index in [-0.39, 0.29) is 5.91 Å². The first-order chi connectivity index (χ1) is 8.66. The van der Waals surface area contributed by atoms with Crippen LogP contribution < -0.4 is 11.1 Å². The molecule has 0 unspecified atom stereocenters. The third-order valence-corrected chi connectivity index (χ3v) is 3.72. The summed E-state index contributed by atoms with van der Waals surface area (Å²) in [4.78, 5) is 23.1. The molecule has 0 fully saturated rings. The Kier molecular flexibility index (Phi) is 4.82. The summed E-state index contributed by atoms with van der Waals surface area (Å²) in [6.45, 7) is 5.00. The third-order valence-electron chi connectivity index (χ3n) is 2.98.